The van der Waals surface area contributed by atoms with E-state index in [1.165, 1.54) is 4.31 Å². The standard InChI is InChI=1S/C21H26N2O6S/c1-5-30(25,26)23-13-20(29-19-9-7-6-8-17(19)23)21(24)22-14(2)16-12-15(27-3)10-11-18(16)28-4/h6-12,14,20H,5,13H2,1-4H3,(H,22,24)/t14-,20-/m1/s1. The predicted octanol–water partition coefficient (Wildman–Crippen LogP) is 2.50. The summed E-state index contributed by atoms with van der Waals surface area (Å²) in [6.45, 7) is 3.28. The first kappa shape index (κ1) is 21.8. The molecule has 9 heteroatoms. The second-order valence-electron chi connectivity index (χ2n) is 6.84. The van der Waals surface area contributed by atoms with E-state index in [4.69, 9.17) is 14.2 Å². The van der Waals surface area contributed by atoms with Crippen LogP contribution in [0.2, 0.25) is 0 Å². The third-order valence-electron chi connectivity index (χ3n) is 4.99. The molecule has 2 aromatic rings. The van der Waals surface area contributed by atoms with Crippen molar-refractivity contribution in [2.45, 2.75) is 26.0 Å². The van der Waals surface area contributed by atoms with E-state index in [-0.39, 0.29) is 12.3 Å². The summed E-state index contributed by atoms with van der Waals surface area (Å²) in [5, 5.41) is 2.89. The van der Waals surface area contributed by atoms with E-state index in [9.17, 15) is 13.2 Å². The molecular weight excluding hydrogens is 408 g/mol. The highest BCUT2D eigenvalue weighted by Gasteiger charge is 2.36. The Balaban J connectivity index is 1.84. The predicted molar refractivity (Wildman–Crippen MR) is 114 cm³/mol. The lowest BCUT2D eigenvalue weighted by Crippen LogP contribution is -2.51. The van der Waals surface area contributed by atoms with Crippen molar-refractivity contribution in [1.29, 1.82) is 0 Å². The molecule has 0 aliphatic carbocycles. The molecule has 0 fully saturated rings. The van der Waals surface area contributed by atoms with Gasteiger partial charge in [-0.15, -0.1) is 0 Å². The van der Waals surface area contributed by atoms with Crippen LogP contribution in [0.25, 0.3) is 0 Å². The van der Waals surface area contributed by atoms with Gasteiger partial charge in [-0.3, -0.25) is 9.10 Å². The Morgan fingerprint density at radius 3 is 2.63 bits per heavy atom. The van der Waals surface area contributed by atoms with Crippen molar-refractivity contribution in [2.75, 3.05) is 30.8 Å². The van der Waals surface area contributed by atoms with Crippen LogP contribution in [-0.4, -0.2) is 46.9 Å². The lowest BCUT2D eigenvalue weighted by atomic mass is 10.1. The van der Waals surface area contributed by atoms with Gasteiger partial charge in [-0.25, -0.2) is 8.42 Å². The molecule has 162 valence electrons. The second-order valence-corrected chi connectivity index (χ2v) is 9.03. The van der Waals surface area contributed by atoms with Crippen LogP contribution in [0, 0.1) is 0 Å². The van der Waals surface area contributed by atoms with Crippen LogP contribution in [-0.2, 0) is 14.8 Å². The number of carbonyl (C=O) groups is 1. The molecule has 1 aliphatic heterocycles. The highest BCUT2D eigenvalue weighted by atomic mass is 32.2. The lowest BCUT2D eigenvalue weighted by Gasteiger charge is -2.35. The van der Waals surface area contributed by atoms with Crippen LogP contribution in [0.4, 0.5) is 5.69 Å². The number of fused-ring (bicyclic) bond motifs is 1. The van der Waals surface area contributed by atoms with Crippen molar-refractivity contribution >= 4 is 21.6 Å². The van der Waals surface area contributed by atoms with Gasteiger partial charge in [-0.2, -0.15) is 0 Å². The topological polar surface area (TPSA) is 94.2 Å². The minimum absolute atomic E-state index is 0.0763. The van der Waals surface area contributed by atoms with Crippen LogP contribution >= 0.6 is 0 Å². The fourth-order valence-corrected chi connectivity index (χ4v) is 4.44. The Kier molecular flexibility index (Phi) is 6.40. The van der Waals surface area contributed by atoms with Gasteiger partial charge in [0.2, 0.25) is 10.0 Å². The highest BCUT2D eigenvalue weighted by Crippen LogP contribution is 2.35. The molecule has 1 heterocycles. The number of anilines is 1. The Hall–Kier alpha value is -2.94. The number of carbonyl (C=O) groups excluding carboxylic acids is 1. The van der Waals surface area contributed by atoms with Gasteiger partial charge >= 0.3 is 0 Å². The zero-order valence-electron chi connectivity index (χ0n) is 17.4. The third-order valence-corrected chi connectivity index (χ3v) is 6.74. The van der Waals surface area contributed by atoms with E-state index in [0.29, 0.717) is 22.9 Å². The molecule has 2 aromatic carbocycles. The molecule has 0 saturated heterocycles. The number of rotatable bonds is 7. The second kappa shape index (κ2) is 8.83. The minimum Gasteiger partial charge on any atom is -0.497 e. The van der Waals surface area contributed by atoms with Crippen LogP contribution < -0.4 is 23.8 Å². The van der Waals surface area contributed by atoms with Crippen molar-refractivity contribution < 1.29 is 27.4 Å². The number of ether oxygens (including phenoxy) is 3. The quantitative estimate of drug-likeness (QED) is 0.720. The van der Waals surface area contributed by atoms with Crippen molar-refractivity contribution in [3.05, 3.63) is 48.0 Å². The summed E-state index contributed by atoms with van der Waals surface area (Å²) in [4.78, 5) is 13.0. The van der Waals surface area contributed by atoms with Gasteiger partial charge in [0, 0.05) is 5.56 Å². The van der Waals surface area contributed by atoms with Crippen LogP contribution in [0.5, 0.6) is 17.2 Å². The Morgan fingerprint density at radius 2 is 1.97 bits per heavy atom. The summed E-state index contributed by atoms with van der Waals surface area (Å²) < 4.78 is 42.9. The first-order valence-corrected chi connectivity index (χ1v) is 11.2. The van der Waals surface area contributed by atoms with E-state index < -0.39 is 28.1 Å². The molecule has 0 spiro atoms. The average Bonchev–Trinajstić information content (AvgIpc) is 2.77. The molecule has 8 nitrogen and oxygen atoms in total. The molecule has 1 aliphatic rings. The Labute approximate surface area is 176 Å². The molecule has 1 amide bonds. The van der Waals surface area contributed by atoms with E-state index in [1.807, 2.05) is 6.92 Å². The lowest BCUT2D eigenvalue weighted by molar-refractivity contribution is -0.128. The monoisotopic (exact) mass is 434 g/mol. The maximum absolute atomic E-state index is 13.0. The van der Waals surface area contributed by atoms with E-state index >= 15 is 0 Å². The molecule has 0 radical (unpaired) electrons. The van der Waals surface area contributed by atoms with Gasteiger partial charge in [0.25, 0.3) is 5.91 Å². The minimum atomic E-state index is -3.56. The largest absolute Gasteiger partial charge is 0.497 e. The molecule has 30 heavy (non-hydrogen) atoms. The first-order chi connectivity index (χ1) is 14.3. The fourth-order valence-electron chi connectivity index (χ4n) is 3.32. The van der Waals surface area contributed by atoms with E-state index in [1.54, 1.807) is 63.6 Å². The number of methoxy groups -OCH3 is 2. The summed E-state index contributed by atoms with van der Waals surface area (Å²) >= 11 is 0. The number of nitrogens with one attached hydrogen (secondary N) is 1. The molecule has 0 aromatic heterocycles. The van der Waals surface area contributed by atoms with Crippen molar-refractivity contribution in [2.24, 2.45) is 0 Å². The van der Waals surface area contributed by atoms with Crippen LogP contribution in [0.1, 0.15) is 25.5 Å². The van der Waals surface area contributed by atoms with Crippen molar-refractivity contribution in [1.82, 2.24) is 5.32 Å². The molecule has 0 bridgehead atoms. The summed E-state index contributed by atoms with van der Waals surface area (Å²) in [6, 6.07) is 11.7. The third kappa shape index (κ3) is 4.30. The summed E-state index contributed by atoms with van der Waals surface area (Å²) in [7, 11) is -0.454. The Bertz CT molecular complexity index is 1020. The normalized spacial score (nSPS) is 16.8. The number of hydrogen-bond acceptors (Lipinski definition) is 6. The number of amides is 1. The van der Waals surface area contributed by atoms with Gasteiger partial charge in [0.1, 0.15) is 17.2 Å². The number of benzene rings is 2. The summed E-state index contributed by atoms with van der Waals surface area (Å²) in [6.07, 6.45) is -0.986. The number of sulfonamides is 1. The molecule has 2 atom stereocenters. The fraction of sp³-hybridized carbons (Fsp3) is 0.381. The van der Waals surface area contributed by atoms with Crippen LogP contribution in [0.3, 0.4) is 0 Å². The van der Waals surface area contributed by atoms with E-state index in [0.717, 1.165) is 5.56 Å². The molecule has 0 saturated carbocycles. The maximum Gasteiger partial charge on any atom is 0.263 e. The van der Waals surface area contributed by atoms with Crippen LogP contribution in [0.15, 0.2) is 42.5 Å². The van der Waals surface area contributed by atoms with Crippen molar-refractivity contribution in [3.63, 3.8) is 0 Å². The van der Waals surface area contributed by atoms with Gasteiger partial charge in [-0.05, 0) is 44.2 Å². The van der Waals surface area contributed by atoms with Gasteiger partial charge in [0.15, 0.2) is 6.10 Å². The SMILES string of the molecule is CCS(=O)(=O)N1C[C@H](C(=O)N[C@H](C)c2cc(OC)ccc2OC)Oc2ccccc21. The van der Waals surface area contributed by atoms with Gasteiger partial charge in [0.05, 0.1) is 38.2 Å². The van der Waals surface area contributed by atoms with Crippen molar-refractivity contribution in [3.8, 4) is 17.2 Å². The molecule has 1 N–H and O–H groups in total. The maximum atomic E-state index is 13.0. The number of para-hydroxylation sites is 2. The summed E-state index contributed by atoms with van der Waals surface area (Å²) in [5.74, 6) is 1.10. The Morgan fingerprint density at radius 1 is 1.23 bits per heavy atom. The molecular formula is C21H26N2O6S. The smallest absolute Gasteiger partial charge is 0.263 e. The zero-order valence-corrected chi connectivity index (χ0v) is 18.2. The number of nitrogens with zero attached hydrogens (tertiary/aromatic N) is 1. The first-order valence-electron chi connectivity index (χ1n) is 9.59. The molecule has 3 rings (SSSR count). The van der Waals surface area contributed by atoms with Gasteiger partial charge < -0.3 is 19.5 Å². The average molecular weight is 435 g/mol. The molecule has 0 unspecified atom stereocenters. The van der Waals surface area contributed by atoms with Gasteiger partial charge in [-0.1, -0.05) is 12.1 Å². The van der Waals surface area contributed by atoms with E-state index in [2.05, 4.69) is 5.32 Å². The zero-order chi connectivity index (χ0) is 21.9. The highest BCUT2D eigenvalue weighted by molar-refractivity contribution is 7.92. The summed E-state index contributed by atoms with van der Waals surface area (Å²) in [5.41, 5.74) is 1.17. The number of hydrogen-bond donors (Lipinski definition) is 1.